The van der Waals surface area contributed by atoms with E-state index in [2.05, 4.69) is 33.3 Å². The lowest BCUT2D eigenvalue weighted by molar-refractivity contribution is 0.883. The first-order valence-electron chi connectivity index (χ1n) is 5.01. The van der Waals surface area contributed by atoms with Gasteiger partial charge in [-0.1, -0.05) is 13.0 Å². The molecule has 0 aliphatic carbocycles. The van der Waals surface area contributed by atoms with Crippen LogP contribution < -0.4 is 5.32 Å². The Morgan fingerprint density at radius 3 is 3.13 bits per heavy atom. The molecule has 0 aromatic carbocycles. The van der Waals surface area contributed by atoms with Gasteiger partial charge in [0, 0.05) is 18.2 Å². The molecular weight excluding hydrogens is 188 g/mol. The molecule has 15 heavy (non-hydrogen) atoms. The second-order valence-electron chi connectivity index (χ2n) is 3.57. The standard InChI is InChI=1S/C11H14N4/c1-8-3-4-9-11(6-13-7-14-9)15-10(8)5-12-2/h3-4,6-8,12H,5H2,1-2H3. The summed E-state index contributed by atoms with van der Waals surface area (Å²) in [5, 5.41) is 3.12. The fourth-order valence-electron chi connectivity index (χ4n) is 1.53. The van der Waals surface area contributed by atoms with Crippen LogP contribution in [-0.4, -0.2) is 29.3 Å². The molecule has 1 atom stereocenters. The third-order valence-electron chi connectivity index (χ3n) is 2.41. The van der Waals surface area contributed by atoms with Gasteiger partial charge in [0.15, 0.2) is 0 Å². The van der Waals surface area contributed by atoms with Crippen LogP contribution in [0.5, 0.6) is 0 Å². The molecule has 4 nitrogen and oxygen atoms in total. The van der Waals surface area contributed by atoms with Gasteiger partial charge in [-0.2, -0.15) is 0 Å². The highest BCUT2D eigenvalue weighted by Gasteiger charge is 2.12. The van der Waals surface area contributed by atoms with Gasteiger partial charge < -0.3 is 5.32 Å². The zero-order valence-corrected chi connectivity index (χ0v) is 8.94. The Labute approximate surface area is 89.2 Å². The number of aliphatic imine (C=N–C) groups is 1. The van der Waals surface area contributed by atoms with Crippen LogP contribution in [0.25, 0.3) is 6.08 Å². The van der Waals surface area contributed by atoms with E-state index in [1.165, 1.54) is 0 Å². The molecule has 0 saturated carbocycles. The lowest BCUT2D eigenvalue weighted by Crippen LogP contribution is -2.23. The molecule has 0 radical (unpaired) electrons. The smallest absolute Gasteiger partial charge is 0.116 e. The molecule has 1 aromatic rings. The Hall–Kier alpha value is -1.55. The quantitative estimate of drug-likeness (QED) is 0.789. The summed E-state index contributed by atoms with van der Waals surface area (Å²) >= 11 is 0. The highest BCUT2D eigenvalue weighted by molar-refractivity contribution is 5.94. The Kier molecular flexibility index (Phi) is 2.87. The molecule has 2 heterocycles. The van der Waals surface area contributed by atoms with Crippen molar-refractivity contribution in [2.24, 2.45) is 10.9 Å². The number of rotatable bonds is 2. The number of fused-ring (bicyclic) bond motifs is 1. The summed E-state index contributed by atoms with van der Waals surface area (Å²) in [6.45, 7) is 2.92. The van der Waals surface area contributed by atoms with Crippen molar-refractivity contribution in [3.63, 3.8) is 0 Å². The number of hydrogen-bond donors (Lipinski definition) is 1. The van der Waals surface area contributed by atoms with Crippen LogP contribution in [0.2, 0.25) is 0 Å². The highest BCUT2D eigenvalue weighted by Crippen LogP contribution is 2.22. The fourth-order valence-corrected chi connectivity index (χ4v) is 1.53. The Morgan fingerprint density at radius 1 is 1.47 bits per heavy atom. The summed E-state index contributed by atoms with van der Waals surface area (Å²) in [5.41, 5.74) is 2.86. The average molecular weight is 202 g/mol. The van der Waals surface area contributed by atoms with E-state index in [0.717, 1.165) is 23.6 Å². The molecule has 0 fully saturated rings. The lowest BCUT2D eigenvalue weighted by atomic mass is 10.1. The zero-order chi connectivity index (χ0) is 10.7. The third-order valence-corrected chi connectivity index (χ3v) is 2.41. The number of aromatic nitrogens is 2. The first-order valence-corrected chi connectivity index (χ1v) is 5.01. The van der Waals surface area contributed by atoms with Crippen molar-refractivity contribution in [2.75, 3.05) is 13.6 Å². The van der Waals surface area contributed by atoms with Gasteiger partial charge >= 0.3 is 0 Å². The van der Waals surface area contributed by atoms with Crippen LogP contribution in [0.4, 0.5) is 5.69 Å². The molecule has 0 spiro atoms. The molecule has 0 amide bonds. The van der Waals surface area contributed by atoms with Gasteiger partial charge in [-0.05, 0) is 13.1 Å². The second-order valence-corrected chi connectivity index (χ2v) is 3.57. The van der Waals surface area contributed by atoms with Gasteiger partial charge in [0.25, 0.3) is 0 Å². The second kappa shape index (κ2) is 4.31. The van der Waals surface area contributed by atoms with Crippen molar-refractivity contribution in [1.82, 2.24) is 15.3 Å². The van der Waals surface area contributed by atoms with E-state index >= 15 is 0 Å². The molecule has 1 unspecified atom stereocenters. The van der Waals surface area contributed by atoms with Gasteiger partial charge in [0.2, 0.25) is 0 Å². The van der Waals surface area contributed by atoms with Gasteiger partial charge in [0.1, 0.15) is 12.0 Å². The number of nitrogens with zero attached hydrogens (tertiary/aromatic N) is 3. The van der Waals surface area contributed by atoms with E-state index in [0.29, 0.717) is 5.92 Å². The van der Waals surface area contributed by atoms with Crippen LogP contribution in [0, 0.1) is 5.92 Å². The normalized spacial score (nSPS) is 19.3. The SMILES string of the molecule is CNCC1=Nc2cncnc2C=CC1C. The van der Waals surface area contributed by atoms with Crippen LogP contribution >= 0.6 is 0 Å². The van der Waals surface area contributed by atoms with Crippen LogP contribution in [0.1, 0.15) is 12.6 Å². The molecule has 0 saturated heterocycles. The molecule has 2 rings (SSSR count). The fraction of sp³-hybridized carbons (Fsp3) is 0.364. The van der Waals surface area contributed by atoms with Crippen LogP contribution in [0.3, 0.4) is 0 Å². The Morgan fingerprint density at radius 2 is 2.33 bits per heavy atom. The minimum atomic E-state index is 0.339. The van der Waals surface area contributed by atoms with Crippen molar-refractivity contribution in [3.8, 4) is 0 Å². The average Bonchev–Trinajstić information content (AvgIpc) is 2.41. The predicted octanol–water partition coefficient (Wildman–Crippen LogP) is 1.43. The molecule has 1 aromatic heterocycles. The first kappa shape index (κ1) is 9.98. The predicted molar refractivity (Wildman–Crippen MR) is 61.3 cm³/mol. The summed E-state index contributed by atoms with van der Waals surface area (Å²) in [6.07, 6.45) is 7.43. The third kappa shape index (κ3) is 2.10. The van der Waals surface area contributed by atoms with Crippen molar-refractivity contribution >= 4 is 17.5 Å². The van der Waals surface area contributed by atoms with Crippen LogP contribution in [0.15, 0.2) is 23.6 Å². The van der Waals surface area contributed by atoms with Crippen molar-refractivity contribution in [3.05, 3.63) is 24.3 Å². The maximum absolute atomic E-state index is 4.58. The molecule has 4 heteroatoms. The monoisotopic (exact) mass is 202 g/mol. The number of hydrogen-bond acceptors (Lipinski definition) is 4. The van der Waals surface area contributed by atoms with E-state index in [1.54, 1.807) is 12.5 Å². The van der Waals surface area contributed by atoms with Gasteiger partial charge in [-0.3, -0.25) is 4.99 Å². The maximum atomic E-state index is 4.58. The summed E-state index contributed by atoms with van der Waals surface area (Å²) in [7, 11) is 1.92. The van der Waals surface area contributed by atoms with E-state index in [9.17, 15) is 0 Å². The first-order chi connectivity index (χ1) is 7.31. The van der Waals surface area contributed by atoms with Crippen LogP contribution in [-0.2, 0) is 0 Å². The van der Waals surface area contributed by atoms with Crippen molar-refractivity contribution < 1.29 is 0 Å². The molecule has 1 aliphatic heterocycles. The van der Waals surface area contributed by atoms with Gasteiger partial charge in [-0.15, -0.1) is 0 Å². The Balaban J connectivity index is 2.43. The van der Waals surface area contributed by atoms with Gasteiger partial charge in [0.05, 0.1) is 11.9 Å². The number of nitrogens with one attached hydrogen (secondary N) is 1. The minimum Gasteiger partial charge on any atom is -0.315 e. The lowest BCUT2D eigenvalue weighted by Gasteiger charge is -2.08. The summed E-state index contributed by atoms with van der Waals surface area (Å²) in [6, 6.07) is 0. The summed E-state index contributed by atoms with van der Waals surface area (Å²) in [4.78, 5) is 12.7. The molecule has 78 valence electrons. The molecule has 0 bridgehead atoms. The van der Waals surface area contributed by atoms with E-state index in [4.69, 9.17) is 0 Å². The summed E-state index contributed by atoms with van der Waals surface area (Å²) in [5.74, 6) is 0.339. The topological polar surface area (TPSA) is 50.2 Å². The van der Waals surface area contributed by atoms with Crippen molar-refractivity contribution in [2.45, 2.75) is 6.92 Å². The zero-order valence-electron chi connectivity index (χ0n) is 8.94. The number of allylic oxidation sites excluding steroid dienone is 1. The van der Waals surface area contributed by atoms with Gasteiger partial charge in [-0.25, -0.2) is 9.97 Å². The highest BCUT2D eigenvalue weighted by atomic mass is 14.9. The van der Waals surface area contributed by atoms with Crippen molar-refractivity contribution in [1.29, 1.82) is 0 Å². The Bertz CT molecular complexity index is 409. The molecular formula is C11H14N4. The van der Waals surface area contributed by atoms with E-state index in [1.807, 2.05) is 13.1 Å². The van der Waals surface area contributed by atoms with E-state index in [-0.39, 0.29) is 0 Å². The maximum Gasteiger partial charge on any atom is 0.116 e. The minimum absolute atomic E-state index is 0.339. The molecule has 1 aliphatic rings. The largest absolute Gasteiger partial charge is 0.315 e. The van der Waals surface area contributed by atoms with E-state index < -0.39 is 0 Å². The summed E-state index contributed by atoms with van der Waals surface area (Å²) < 4.78 is 0. The molecule has 1 N–H and O–H groups in total.